The second kappa shape index (κ2) is 6.34. The van der Waals surface area contributed by atoms with Crippen molar-refractivity contribution in [3.63, 3.8) is 0 Å². The van der Waals surface area contributed by atoms with Gasteiger partial charge in [-0.25, -0.2) is 0 Å². The Kier molecular flexibility index (Phi) is 5.31. The van der Waals surface area contributed by atoms with Gasteiger partial charge in [-0.1, -0.05) is 0 Å². The molecule has 1 heterocycles. The van der Waals surface area contributed by atoms with Crippen molar-refractivity contribution in [2.75, 3.05) is 32.8 Å². The first-order valence-electron chi connectivity index (χ1n) is 6.69. The van der Waals surface area contributed by atoms with Gasteiger partial charge in [-0.05, 0) is 27.7 Å². The molecule has 0 bridgehead atoms. The Morgan fingerprint density at radius 3 is 2.42 bits per heavy atom. The summed E-state index contributed by atoms with van der Waals surface area (Å²) in [4.78, 5) is 26.7. The maximum Gasteiger partial charge on any atom is 0.323 e. The average Bonchev–Trinajstić information content (AvgIpc) is 2.28. The molecule has 0 aromatic rings. The molecule has 1 N–H and O–H groups in total. The molecule has 1 amide bonds. The number of hydrogen-bond acceptors (Lipinski definition) is 4. The van der Waals surface area contributed by atoms with E-state index in [2.05, 4.69) is 0 Å². The van der Waals surface area contributed by atoms with Gasteiger partial charge in [0.2, 0.25) is 5.91 Å². The lowest BCUT2D eigenvalue weighted by atomic mass is 10.0. The van der Waals surface area contributed by atoms with Crippen LogP contribution in [0.2, 0.25) is 0 Å². The van der Waals surface area contributed by atoms with Crippen molar-refractivity contribution >= 4 is 11.9 Å². The van der Waals surface area contributed by atoms with E-state index in [1.807, 2.05) is 27.7 Å². The Labute approximate surface area is 114 Å². The summed E-state index contributed by atoms with van der Waals surface area (Å²) in [5.74, 6) is -0.975. The van der Waals surface area contributed by atoms with E-state index in [1.54, 1.807) is 9.80 Å². The molecule has 1 rings (SSSR count). The first-order chi connectivity index (χ1) is 8.80. The zero-order valence-electron chi connectivity index (χ0n) is 12.2. The van der Waals surface area contributed by atoms with Gasteiger partial charge < -0.3 is 14.7 Å². The number of nitrogens with zero attached hydrogens (tertiary/aromatic N) is 2. The van der Waals surface area contributed by atoms with E-state index >= 15 is 0 Å². The Balaban J connectivity index is 2.75. The van der Waals surface area contributed by atoms with Crippen LogP contribution < -0.4 is 0 Å². The first kappa shape index (κ1) is 15.9. The fourth-order valence-corrected chi connectivity index (χ4v) is 2.30. The molecule has 0 radical (unpaired) electrons. The van der Waals surface area contributed by atoms with E-state index in [4.69, 9.17) is 4.74 Å². The molecule has 0 spiro atoms. The van der Waals surface area contributed by atoms with Crippen molar-refractivity contribution in [2.45, 2.75) is 39.3 Å². The number of likely N-dealkylation sites (N-methyl/N-ethyl adjacent to an activating group) is 1. The van der Waals surface area contributed by atoms with Gasteiger partial charge in [0, 0.05) is 19.6 Å². The van der Waals surface area contributed by atoms with Gasteiger partial charge in [-0.15, -0.1) is 0 Å². The summed E-state index contributed by atoms with van der Waals surface area (Å²) in [5, 5.41) is 9.20. The molecule has 1 aliphatic rings. The third-order valence-electron chi connectivity index (χ3n) is 3.40. The average molecular weight is 272 g/mol. The molecule has 0 aromatic heterocycles. The maximum atomic E-state index is 12.1. The van der Waals surface area contributed by atoms with Gasteiger partial charge in [-0.2, -0.15) is 0 Å². The predicted molar refractivity (Wildman–Crippen MR) is 71.0 cm³/mol. The van der Waals surface area contributed by atoms with Crippen LogP contribution in [0.3, 0.4) is 0 Å². The van der Waals surface area contributed by atoms with Crippen molar-refractivity contribution in [1.29, 1.82) is 0 Å². The number of aliphatic carboxylic acids is 1. The molecule has 1 atom stereocenters. The molecule has 110 valence electrons. The summed E-state index contributed by atoms with van der Waals surface area (Å²) in [6.45, 7) is 9.61. The molecule has 6 heteroatoms. The molecule has 0 saturated carbocycles. The monoisotopic (exact) mass is 272 g/mol. The highest BCUT2D eigenvalue weighted by atomic mass is 16.5. The number of rotatable bonds is 5. The summed E-state index contributed by atoms with van der Waals surface area (Å²) < 4.78 is 5.52. The zero-order chi connectivity index (χ0) is 14.6. The summed E-state index contributed by atoms with van der Waals surface area (Å²) in [7, 11) is 0. The van der Waals surface area contributed by atoms with Gasteiger partial charge >= 0.3 is 5.97 Å². The van der Waals surface area contributed by atoms with Crippen LogP contribution in [0.25, 0.3) is 0 Å². The van der Waals surface area contributed by atoms with Crippen LogP contribution in [-0.4, -0.2) is 71.2 Å². The van der Waals surface area contributed by atoms with Crippen LogP contribution >= 0.6 is 0 Å². The lowest BCUT2D eigenvalue weighted by Crippen LogP contribution is -2.59. The Hall–Kier alpha value is -1.14. The van der Waals surface area contributed by atoms with E-state index in [0.717, 1.165) is 0 Å². The molecular weight excluding hydrogens is 248 g/mol. The van der Waals surface area contributed by atoms with Gasteiger partial charge in [-0.3, -0.25) is 14.5 Å². The van der Waals surface area contributed by atoms with E-state index in [0.29, 0.717) is 19.6 Å². The zero-order valence-corrected chi connectivity index (χ0v) is 12.2. The Bertz CT molecular complexity index is 340. The molecule has 1 saturated heterocycles. The number of carboxylic acid groups (broad SMARTS) is 1. The van der Waals surface area contributed by atoms with Crippen LogP contribution in [0.1, 0.15) is 27.7 Å². The molecular formula is C13H24N2O4. The highest BCUT2D eigenvalue weighted by Gasteiger charge is 2.38. The highest BCUT2D eigenvalue weighted by Crippen LogP contribution is 2.20. The minimum Gasteiger partial charge on any atom is -0.480 e. The second-order valence-electron chi connectivity index (χ2n) is 5.40. The van der Waals surface area contributed by atoms with Gasteiger partial charge in [0.1, 0.15) is 6.04 Å². The molecule has 1 aliphatic heterocycles. The van der Waals surface area contributed by atoms with Crippen LogP contribution in [0.15, 0.2) is 0 Å². The van der Waals surface area contributed by atoms with Crippen LogP contribution in [0, 0.1) is 0 Å². The molecule has 0 aliphatic carbocycles. The van der Waals surface area contributed by atoms with E-state index in [1.165, 1.54) is 0 Å². The first-order valence-corrected chi connectivity index (χ1v) is 6.69. The molecule has 1 fully saturated rings. The molecule has 0 aromatic carbocycles. The van der Waals surface area contributed by atoms with Crippen LogP contribution in [-0.2, 0) is 14.3 Å². The number of amides is 1. The third-order valence-corrected chi connectivity index (χ3v) is 3.40. The van der Waals surface area contributed by atoms with E-state index in [9.17, 15) is 14.7 Å². The van der Waals surface area contributed by atoms with E-state index in [-0.39, 0.29) is 19.1 Å². The van der Waals surface area contributed by atoms with E-state index < -0.39 is 17.6 Å². The molecule has 1 unspecified atom stereocenters. The van der Waals surface area contributed by atoms with Crippen molar-refractivity contribution in [3.05, 3.63) is 0 Å². The summed E-state index contributed by atoms with van der Waals surface area (Å²) in [6, 6.07) is -0.743. The normalized spacial score (nSPS) is 23.1. The van der Waals surface area contributed by atoms with Gasteiger partial charge in [0.15, 0.2) is 0 Å². The number of hydrogen-bond donors (Lipinski definition) is 1. The largest absolute Gasteiger partial charge is 0.480 e. The number of carbonyl (C=O) groups excluding carboxylic acids is 1. The maximum absolute atomic E-state index is 12.1. The fourth-order valence-electron chi connectivity index (χ4n) is 2.30. The predicted octanol–water partition coefficient (Wildman–Crippen LogP) is 0.419. The van der Waals surface area contributed by atoms with Crippen molar-refractivity contribution in [3.8, 4) is 0 Å². The number of ether oxygens (including phenoxy) is 1. The quantitative estimate of drug-likeness (QED) is 0.785. The summed E-state index contributed by atoms with van der Waals surface area (Å²) in [5.41, 5.74) is -0.421. The lowest BCUT2D eigenvalue weighted by molar-refractivity contribution is -0.164. The number of morpholine rings is 1. The van der Waals surface area contributed by atoms with Crippen molar-refractivity contribution < 1.29 is 19.4 Å². The minimum atomic E-state index is -0.942. The number of carboxylic acids is 1. The van der Waals surface area contributed by atoms with Crippen molar-refractivity contribution in [1.82, 2.24) is 9.80 Å². The third kappa shape index (κ3) is 4.18. The molecule has 19 heavy (non-hydrogen) atoms. The van der Waals surface area contributed by atoms with Gasteiger partial charge in [0.25, 0.3) is 0 Å². The lowest BCUT2D eigenvalue weighted by Gasteiger charge is -2.42. The standard InChI is InChI=1S/C13H24N2O4/c1-5-14(6-2)11(16)7-15-9-13(3,4)19-8-10(15)12(17)18/h10H,5-9H2,1-4H3,(H,17,18). The molecule has 6 nitrogen and oxygen atoms in total. The van der Waals surface area contributed by atoms with Crippen LogP contribution in [0.5, 0.6) is 0 Å². The van der Waals surface area contributed by atoms with Crippen molar-refractivity contribution in [2.24, 2.45) is 0 Å². The summed E-state index contributed by atoms with van der Waals surface area (Å²) >= 11 is 0. The van der Waals surface area contributed by atoms with Crippen LogP contribution in [0.4, 0.5) is 0 Å². The Morgan fingerprint density at radius 2 is 1.95 bits per heavy atom. The topological polar surface area (TPSA) is 70.1 Å². The minimum absolute atomic E-state index is 0.0334. The number of carbonyl (C=O) groups is 2. The van der Waals surface area contributed by atoms with Gasteiger partial charge in [0.05, 0.1) is 18.8 Å². The smallest absolute Gasteiger partial charge is 0.323 e. The Morgan fingerprint density at radius 1 is 1.37 bits per heavy atom. The summed E-state index contributed by atoms with van der Waals surface area (Å²) in [6.07, 6.45) is 0. The SMILES string of the molecule is CCN(CC)C(=O)CN1CC(C)(C)OCC1C(=O)O. The fraction of sp³-hybridized carbons (Fsp3) is 0.846. The second-order valence-corrected chi connectivity index (χ2v) is 5.40. The highest BCUT2D eigenvalue weighted by molar-refractivity contribution is 5.80.